The van der Waals surface area contributed by atoms with E-state index < -0.39 is 0 Å². The van der Waals surface area contributed by atoms with E-state index in [-0.39, 0.29) is 6.17 Å². The number of hydrogen-bond donors (Lipinski definition) is 2. The van der Waals surface area contributed by atoms with Gasteiger partial charge in [-0.3, -0.25) is 0 Å². The highest BCUT2D eigenvalue weighted by Gasteiger charge is 2.29. The molecular weight excluding hydrogens is 208 g/mol. The summed E-state index contributed by atoms with van der Waals surface area (Å²) in [5, 5.41) is 0. The average molecular weight is 238 g/mol. The van der Waals surface area contributed by atoms with Crippen LogP contribution in [0.25, 0.3) is 0 Å². The van der Waals surface area contributed by atoms with Crippen LogP contribution in [0.3, 0.4) is 0 Å². The summed E-state index contributed by atoms with van der Waals surface area (Å²) in [5.41, 5.74) is 12.1. The summed E-state index contributed by atoms with van der Waals surface area (Å²) in [7, 11) is 0. The third-order valence-corrected chi connectivity index (χ3v) is 5.08. The smallest absolute Gasteiger partial charge is 0.0552 e. The van der Waals surface area contributed by atoms with E-state index in [2.05, 4.69) is 0 Å². The molecule has 100 valence electrons. The molecule has 0 heterocycles. The van der Waals surface area contributed by atoms with Crippen LogP contribution in [0.4, 0.5) is 0 Å². The van der Waals surface area contributed by atoms with Gasteiger partial charge in [-0.25, -0.2) is 0 Å². The molecule has 0 aromatic rings. The van der Waals surface area contributed by atoms with Crippen LogP contribution >= 0.6 is 0 Å². The predicted octanol–water partition coefficient (Wildman–Crippen LogP) is 3.40. The molecule has 0 amide bonds. The summed E-state index contributed by atoms with van der Waals surface area (Å²) >= 11 is 0. The highest BCUT2D eigenvalue weighted by Crippen LogP contribution is 2.37. The van der Waals surface area contributed by atoms with Crippen LogP contribution in [-0.4, -0.2) is 6.17 Å². The Morgan fingerprint density at radius 2 is 1.29 bits per heavy atom. The van der Waals surface area contributed by atoms with Gasteiger partial charge in [0.25, 0.3) is 0 Å². The van der Waals surface area contributed by atoms with Gasteiger partial charge in [-0.05, 0) is 24.2 Å². The van der Waals surface area contributed by atoms with Crippen molar-refractivity contribution in [3.63, 3.8) is 0 Å². The van der Waals surface area contributed by atoms with Crippen LogP contribution in [0, 0.1) is 17.8 Å². The Morgan fingerprint density at radius 1 is 0.765 bits per heavy atom. The van der Waals surface area contributed by atoms with Crippen LogP contribution in [0.2, 0.25) is 0 Å². The first-order valence-electron chi connectivity index (χ1n) is 7.78. The van der Waals surface area contributed by atoms with E-state index in [9.17, 15) is 0 Å². The van der Waals surface area contributed by atoms with Crippen LogP contribution < -0.4 is 11.5 Å². The van der Waals surface area contributed by atoms with Crippen molar-refractivity contribution >= 4 is 0 Å². The van der Waals surface area contributed by atoms with Gasteiger partial charge in [0.1, 0.15) is 0 Å². The lowest BCUT2D eigenvalue weighted by Crippen LogP contribution is -2.44. The molecule has 0 spiro atoms. The van der Waals surface area contributed by atoms with Gasteiger partial charge in [0.05, 0.1) is 6.17 Å². The zero-order chi connectivity index (χ0) is 12.1. The molecule has 2 rings (SSSR count). The van der Waals surface area contributed by atoms with E-state index in [0.717, 1.165) is 11.8 Å². The van der Waals surface area contributed by atoms with Crippen LogP contribution in [-0.2, 0) is 0 Å². The molecule has 1 atom stereocenters. The molecular formula is C15H30N2. The third kappa shape index (κ3) is 3.96. The summed E-state index contributed by atoms with van der Waals surface area (Å²) in [6.07, 6.45) is 15.4. The SMILES string of the molecule is NC(N)C(CC1CCCCC1)C1CCCCC1. The molecule has 0 saturated heterocycles. The van der Waals surface area contributed by atoms with Crippen LogP contribution in [0.1, 0.15) is 70.6 Å². The molecule has 0 aromatic heterocycles. The second-order valence-electron chi connectivity index (χ2n) is 6.38. The summed E-state index contributed by atoms with van der Waals surface area (Å²) in [4.78, 5) is 0. The Kier molecular flexibility index (Phi) is 5.30. The maximum Gasteiger partial charge on any atom is 0.0552 e. The third-order valence-electron chi connectivity index (χ3n) is 5.08. The first-order valence-corrected chi connectivity index (χ1v) is 7.78. The maximum atomic E-state index is 6.06. The molecule has 0 aromatic carbocycles. The zero-order valence-electron chi connectivity index (χ0n) is 11.2. The fraction of sp³-hybridized carbons (Fsp3) is 1.00. The van der Waals surface area contributed by atoms with Crippen molar-refractivity contribution in [3.05, 3.63) is 0 Å². The molecule has 2 saturated carbocycles. The predicted molar refractivity (Wildman–Crippen MR) is 73.4 cm³/mol. The van der Waals surface area contributed by atoms with Crippen molar-refractivity contribution in [1.29, 1.82) is 0 Å². The Labute approximate surface area is 107 Å². The number of rotatable bonds is 4. The minimum absolute atomic E-state index is 0.0833. The Bertz CT molecular complexity index is 203. The minimum Gasteiger partial charge on any atom is -0.316 e. The van der Waals surface area contributed by atoms with Crippen molar-refractivity contribution < 1.29 is 0 Å². The normalized spacial score (nSPS) is 26.3. The molecule has 2 aliphatic carbocycles. The lowest BCUT2D eigenvalue weighted by Gasteiger charge is -2.36. The lowest BCUT2D eigenvalue weighted by atomic mass is 9.72. The Balaban J connectivity index is 1.86. The second kappa shape index (κ2) is 6.75. The number of hydrogen-bond acceptors (Lipinski definition) is 2. The molecule has 0 aliphatic heterocycles. The van der Waals surface area contributed by atoms with Crippen molar-refractivity contribution in [1.82, 2.24) is 0 Å². The quantitative estimate of drug-likeness (QED) is 0.738. The summed E-state index contributed by atoms with van der Waals surface area (Å²) in [6, 6.07) is 0. The van der Waals surface area contributed by atoms with Gasteiger partial charge in [0, 0.05) is 0 Å². The standard InChI is InChI=1S/C15H30N2/c16-15(17)14(13-9-5-2-6-10-13)11-12-7-3-1-4-8-12/h12-15H,1-11,16-17H2. The fourth-order valence-corrected chi connectivity index (χ4v) is 4.03. The van der Waals surface area contributed by atoms with E-state index in [4.69, 9.17) is 11.5 Å². The van der Waals surface area contributed by atoms with Gasteiger partial charge in [-0.15, -0.1) is 0 Å². The minimum atomic E-state index is -0.0833. The van der Waals surface area contributed by atoms with Gasteiger partial charge in [-0.1, -0.05) is 64.2 Å². The van der Waals surface area contributed by atoms with Crippen LogP contribution in [0.5, 0.6) is 0 Å². The molecule has 1 unspecified atom stereocenters. The van der Waals surface area contributed by atoms with Crippen LogP contribution in [0.15, 0.2) is 0 Å². The monoisotopic (exact) mass is 238 g/mol. The second-order valence-corrected chi connectivity index (χ2v) is 6.38. The molecule has 2 fully saturated rings. The topological polar surface area (TPSA) is 52.0 Å². The average Bonchev–Trinajstić information content (AvgIpc) is 2.38. The summed E-state index contributed by atoms with van der Waals surface area (Å²) in [5.74, 6) is 2.34. The van der Waals surface area contributed by atoms with Gasteiger partial charge in [-0.2, -0.15) is 0 Å². The van der Waals surface area contributed by atoms with E-state index in [1.807, 2.05) is 0 Å². The molecule has 4 N–H and O–H groups in total. The maximum absolute atomic E-state index is 6.06. The van der Waals surface area contributed by atoms with E-state index in [1.54, 1.807) is 0 Å². The highest BCUT2D eigenvalue weighted by molar-refractivity contribution is 4.82. The molecule has 2 nitrogen and oxygen atoms in total. The molecule has 17 heavy (non-hydrogen) atoms. The first kappa shape index (κ1) is 13.4. The van der Waals surface area contributed by atoms with Crippen molar-refractivity contribution in [3.8, 4) is 0 Å². The van der Waals surface area contributed by atoms with Gasteiger partial charge < -0.3 is 11.5 Å². The number of nitrogens with two attached hydrogens (primary N) is 2. The highest BCUT2D eigenvalue weighted by atomic mass is 14.9. The van der Waals surface area contributed by atoms with E-state index in [1.165, 1.54) is 70.6 Å². The zero-order valence-corrected chi connectivity index (χ0v) is 11.2. The largest absolute Gasteiger partial charge is 0.316 e. The van der Waals surface area contributed by atoms with Crippen molar-refractivity contribution in [2.24, 2.45) is 29.2 Å². The fourth-order valence-electron chi connectivity index (χ4n) is 4.03. The van der Waals surface area contributed by atoms with E-state index in [0.29, 0.717) is 5.92 Å². The Morgan fingerprint density at radius 3 is 1.82 bits per heavy atom. The van der Waals surface area contributed by atoms with Crippen molar-refractivity contribution in [2.75, 3.05) is 0 Å². The Hall–Kier alpha value is -0.0800. The molecule has 2 heteroatoms. The lowest BCUT2D eigenvalue weighted by molar-refractivity contribution is 0.165. The molecule has 2 aliphatic rings. The van der Waals surface area contributed by atoms with Gasteiger partial charge in [0.15, 0.2) is 0 Å². The molecule has 0 bridgehead atoms. The van der Waals surface area contributed by atoms with Gasteiger partial charge >= 0.3 is 0 Å². The van der Waals surface area contributed by atoms with E-state index >= 15 is 0 Å². The van der Waals surface area contributed by atoms with Crippen molar-refractivity contribution in [2.45, 2.75) is 76.8 Å². The summed E-state index contributed by atoms with van der Waals surface area (Å²) < 4.78 is 0. The molecule has 0 radical (unpaired) electrons. The first-order chi connectivity index (χ1) is 8.27. The summed E-state index contributed by atoms with van der Waals surface area (Å²) in [6.45, 7) is 0. The van der Waals surface area contributed by atoms with Gasteiger partial charge in [0.2, 0.25) is 0 Å².